The van der Waals surface area contributed by atoms with E-state index < -0.39 is 63.4 Å². The van der Waals surface area contributed by atoms with Gasteiger partial charge in [-0.25, -0.2) is 22.4 Å². The van der Waals surface area contributed by atoms with Gasteiger partial charge in [0, 0.05) is 31.9 Å². The van der Waals surface area contributed by atoms with Crippen LogP contribution in [0.25, 0.3) is 27.7 Å². The Labute approximate surface area is 261 Å². The van der Waals surface area contributed by atoms with Crippen molar-refractivity contribution in [3.63, 3.8) is 0 Å². The van der Waals surface area contributed by atoms with Crippen molar-refractivity contribution in [1.82, 2.24) is 19.4 Å². The van der Waals surface area contributed by atoms with Crippen LogP contribution in [0, 0.1) is 30.2 Å². The van der Waals surface area contributed by atoms with Crippen molar-refractivity contribution in [2.24, 2.45) is 0 Å². The maximum Gasteiger partial charge on any atom is 0.354 e. The molecule has 1 fully saturated rings. The molecule has 0 aliphatic carbocycles. The summed E-state index contributed by atoms with van der Waals surface area (Å²) in [4.78, 5) is 39.1. The monoisotopic (exact) mass is 636 g/mol. The lowest BCUT2D eigenvalue weighted by atomic mass is 9.95. The van der Waals surface area contributed by atoms with E-state index in [1.807, 2.05) is 20.8 Å². The fourth-order valence-corrected chi connectivity index (χ4v) is 6.71. The summed E-state index contributed by atoms with van der Waals surface area (Å²) in [6, 6.07) is 2.23. The van der Waals surface area contributed by atoms with Gasteiger partial charge < -0.3 is 20.2 Å². The summed E-state index contributed by atoms with van der Waals surface area (Å²) in [6.45, 7) is 11.4. The van der Waals surface area contributed by atoms with Crippen LogP contribution in [0.3, 0.4) is 0 Å². The Morgan fingerprint density at radius 1 is 1.11 bits per heavy atom. The number of nitrogens with zero attached hydrogens (tertiary/aromatic N) is 5. The molecule has 240 valence electrons. The van der Waals surface area contributed by atoms with Crippen molar-refractivity contribution in [3.05, 3.63) is 82.1 Å². The van der Waals surface area contributed by atoms with Gasteiger partial charge in [0.05, 0.1) is 39.6 Å². The fraction of sp³-hybridized carbons (Fsp3) is 0.333. The van der Waals surface area contributed by atoms with Crippen LogP contribution in [0.1, 0.15) is 44.4 Å². The number of aromatic nitrogens is 3. The van der Waals surface area contributed by atoms with Crippen LogP contribution in [0.2, 0.25) is 0 Å². The third kappa shape index (κ3) is 4.67. The lowest BCUT2D eigenvalue weighted by Gasteiger charge is -2.47. The third-order valence-corrected chi connectivity index (χ3v) is 8.74. The molecule has 0 bridgehead atoms. The van der Waals surface area contributed by atoms with Gasteiger partial charge >= 0.3 is 5.69 Å². The molecule has 4 heterocycles. The molecule has 2 aromatic heterocycles. The molecule has 46 heavy (non-hydrogen) atoms. The summed E-state index contributed by atoms with van der Waals surface area (Å²) in [5.74, 6) is -7.22. The zero-order valence-corrected chi connectivity index (χ0v) is 25.7. The van der Waals surface area contributed by atoms with E-state index in [9.17, 15) is 19.1 Å². The number of fused-ring (bicyclic) bond motifs is 2. The molecule has 0 radical (unpaired) electrons. The number of pyridine rings is 1. The predicted octanol–water partition coefficient (Wildman–Crippen LogP) is 5.55. The second-order valence-corrected chi connectivity index (χ2v) is 12.0. The minimum Gasteiger partial charge on any atom is -0.507 e. The fourth-order valence-electron chi connectivity index (χ4n) is 6.71. The molecule has 9 nitrogen and oxygen atoms in total. The number of phenols is 1. The molecule has 6 rings (SSSR count). The summed E-state index contributed by atoms with van der Waals surface area (Å²) in [6.07, 6.45) is 3.11. The number of rotatable bonds is 4. The zero-order chi connectivity index (χ0) is 33.2. The summed E-state index contributed by atoms with van der Waals surface area (Å²) in [7, 11) is 0. The van der Waals surface area contributed by atoms with Crippen molar-refractivity contribution >= 4 is 28.3 Å². The normalized spacial score (nSPS) is 17.8. The second-order valence-electron chi connectivity index (χ2n) is 12.0. The number of aryl methyl sites for hydroxylation is 1. The highest BCUT2D eigenvalue weighted by Gasteiger charge is 2.40. The quantitative estimate of drug-likeness (QED) is 0.224. The molecule has 2 aliphatic heterocycles. The molecular formula is C33H32F4N6O3. The molecule has 1 saturated heterocycles. The molecule has 0 saturated carbocycles. The standard InChI is InChI=1S/C33H32F4N6O3/c1-6-21(45)41-13-17(5)42-18(14-41)10-12-39-29-24-31(27(37)23(26(29)36)22-20(44)8-7-19(34)25(22)35)43(33(46)40-32(24)42)30-16(4)9-11-38-28(30)15(2)3/h6-9,11,15,17-18,39,44H,1,10,12-14H2,2-5H3. The van der Waals surface area contributed by atoms with Crippen molar-refractivity contribution in [2.75, 3.05) is 29.9 Å². The second kappa shape index (κ2) is 11.5. The Bertz CT molecular complexity index is 2000. The van der Waals surface area contributed by atoms with Crippen LogP contribution in [0.4, 0.5) is 29.1 Å². The molecule has 2 unspecified atom stereocenters. The average molecular weight is 637 g/mol. The molecule has 2 N–H and O–H groups in total. The van der Waals surface area contributed by atoms with E-state index in [-0.39, 0.29) is 54.0 Å². The number of carbonyl (C=O) groups is 1. The summed E-state index contributed by atoms with van der Waals surface area (Å²) in [5, 5.41) is 13.5. The maximum absolute atomic E-state index is 17.2. The van der Waals surface area contributed by atoms with Crippen molar-refractivity contribution in [3.8, 4) is 22.6 Å². The minimum atomic E-state index is -1.66. The van der Waals surface area contributed by atoms with E-state index in [1.165, 1.54) is 6.08 Å². The SMILES string of the molecule is C=CC(=O)N1CC(C)N2c3nc(=O)n(-c4c(C)ccnc4C(C)C)c4c(F)c(-c5c(O)ccc(F)c5F)c(F)c(c34)NCCC2C1. The highest BCUT2D eigenvalue weighted by Crippen LogP contribution is 2.47. The first-order valence-electron chi connectivity index (χ1n) is 14.9. The number of carbonyl (C=O) groups excluding carboxylic acids is 1. The van der Waals surface area contributed by atoms with Crippen molar-refractivity contribution < 1.29 is 27.5 Å². The smallest absolute Gasteiger partial charge is 0.354 e. The molecule has 2 aromatic carbocycles. The van der Waals surface area contributed by atoms with Gasteiger partial charge in [-0.05, 0) is 56.0 Å². The number of hydrogen-bond acceptors (Lipinski definition) is 7. The van der Waals surface area contributed by atoms with Crippen LogP contribution in [0.5, 0.6) is 5.75 Å². The average Bonchev–Trinajstić information content (AvgIpc) is 3.00. The number of amides is 1. The van der Waals surface area contributed by atoms with Crippen LogP contribution >= 0.6 is 0 Å². The maximum atomic E-state index is 17.2. The molecule has 2 atom stereocenters. The Morgan fingerprint density at radius 2 is 1.85 bits per heavy atom. The highest BCUT2D eigenvalue weighted by molar-refractivity contribution is 6.05. The largest absolute Gasteiger partial charge is 0.507 e. The van der Waals surface area contributed by atoms with Gasteiger partial charge in [0.25, 0.3) is 0 Å². The van der Waals surface area contributed by atoms with Gasteiger partial charge in [-0.2, -0.15) is 4.98 Å². The Morgan fingerprint density at radius 3 is 2.54 bits per heavy atom. The number of piperazine rings is 1. The van der Waals surface area contributed by atoms with Gasteiger partial charge in [-0.1, -0.05) is 20.4 Å². The van der Waals surface area contributed by atoms with E-state index in [1.54, 1.807) is 29.0 Å². The van der Waals surface area contributed by atoms with Crippen LogP contribution in [0.15, 0.2) is 41.8 Å². The molecule has 4 aromatic rings. The lowest BCUT2D eigenvalue weighted by Crippen LogP contribution is -2.60. The zero-order valence-electron chi connectivity index (χ0n) is 25.7. The van der Waals surface area contributed by atoms with E-state index in [0.29, 0.717) is 23.7 Å². The van der Waals surface area contributed by atoms with Crippen LogP contribution < -0.4 is 15.9 Å². The number of halogens is 4. The first kappa shape index (κ1) is 31.1. The van der Waals surface area contributed by atoms with E-state index in [0.717, 1.165) is 10.6 Å². The van der Waals surface area contributed by atoms with Gasteiger partial charge in [-0.15, -0.1) is 0 Å². The molecule has 13 heteroatoms. The molecule has 0 spiro atoms. The summed E-state index contributed by atoms with van der Waals surface area (Å²) >= 11 is 0. The van der Waals surface area contributed by atoms with Crippen molar-refractivity contribution in [2.45, 2.75) is 52.1 Å². The topological polar surface area (TPSA) is 104 Å². The van der Waals surface area contributed by atoms with Gasteiger partial charge in [0.15, 0.2) is 23.3 Å². The number of anilines is 2. The summed E-state index contributed by atoms with van der Waals surface area (Å²) < 4.78 is 64.7. The van der Waals surface area contributed by atoms with Gasteiger partial charge in [0.1, 0.15) is 17.1 Å². The third-order valence-electron chi connectivity index (χ3n) is 8.74. The first-order chi connectivity index (χ1) is 21.9. The lowest BCUT2D eigenvalue weighted by molar-refractivity contribution is -0.127. The summed E-state index contributed by atoms with van der Waals surface area (Å²) in [5.41, 5.74) is -2.57. The molecule has 2 aliphatic rings. The predicted molar refractivity (Wildman–Crippen MR) is 167 cm³/mol. The number of hydrogen-bond donors (Lipinski definition) is 2. The van der Waals surface area contributed by atoms with Crippen LogP contribution in [-0.4, -0.2) is 62.2 Å². The number of phenolic OH excluding ortho intramolecular Hbond substituents is 1. The number of nitrogens with one attached hydrogen (secondary N) is 1. The Hall–Kier alpha value is -4.94. The molecular weight excluding hydrogens is 604 g/mol. The Balaban J connectivity index is 1.80. The minimum absolute atomic E-state index is 0.0254. The number of benzene rings is 2. The van der Waals surface area contributed by atoms with Gasteiger partial charge in [-0.3, -0.25) is 14.3 Å². The van der Waals surface area contributed by atoms with Crippen molar-refractivity contribution in [1.29, 1.82) is 0 Å². The number of aromatic hydroxyl groups is 1. The van der Waals surface area contributed by atoms with E-state index >= 15 is 13.2 Å². The first-order valence-corrected chi connectivity index (χ1v) is 14.9. The highest BCUT2D eigenvalue weighted by atomic mass is 19.2. The van der Waals surface area contributed by atoms with Crippen LogP contribution in [-0.2, 0) is 4.79 Å². The van der Waals surface area contributed by atoms with E-state index in [4.69, 9.17) is 0 Å². The Kier molecular flexibility index (Phi) is 7.73. The van der Waals surface area contributed by atoms with Gasteiger partial charge in [0.2, 0.25) is 5.91 Å². The molecule has 1 amide bonds. The van der Waals surface area contributed by atoms with E-state index in [2.05, 4.69) is 21.9 Å².